The summed E-state index contributed by atoms with van der Waals surface area (Å²) in [6.45, 7) is 0. The van der Waals surface area contributed by atoms with Crippen LogP contribution >= 0.6 is 7.51 Å². The van der Waals surface area contributed by atoms with Crippen LogP contribution in [0.5, 0.6) is 17.2 Å². The second-order valence-corrected chi connectivity index (χ2v) is 9.33. The zero-order valence-corrected chi connectivity index (χ0v) is 18.5. The predicted octanol–water partition coefficient (Wildman–Crippen LogP) is 8.03. The SMILES string of the molecule is COc1ccc(C2=Cc3ccccc3N=P2(Oc2ccccc2)Oc2ccccc2)cc1. The van der Waals surface area contributed by atoms with Crippen LogP contribution in [-0.2, 0) is 0 Å². The van der Waals surface area contributed by atoms with E-state index >= 15 is 0 Å². The van der Waals surface area contributed by atoms with Gasteiger partial charge in [-0.3, -0.25) is 0 Å². The van der Waals surface area contributed by atoms with Gasteiger partial charge in [-0.25, -0.2) is 0 Å². The molecule has 4 aromatic rings. The zero-order chi connectivity index (χ0) is 21.8. The van der Waals surface area contributed by atoms with Crippen molar-refractivity contribution in [1.82, 2.24) is 0 Å². The molecule has 0 saturated carbocycles. The molecule has 0 fully saturated rings. The van der Waals surface area contributed by atoms with Crippen LogP contribution in [-0.4, -0.2) is 7.11 Å². The van der Waals surface area contributed by atoms with Crippen LogP contribution in [0.2, 0.25) is 0 Å². The zero-order valence-electron chi connectivity index (χ0n) is 17.6. The monoisotopic (exact) mass is 439 g/mol. The summed E-state index contributed by atoms with van der Waals surface area (Å²) >= 11 is 0. The predicted molar refractivity (Wildman–Crippen MR) is 130 cm³/mol. The van der Waals surface area contributed by atoms with Gasteiger partial charge in [0.25, 0.3) is 0 Å². The van der Waals surface area contributed by atoms with Gasteiger partial charge in [0.15, 0.2) is 0 Å². The van der Waals surface area contributed by atoms with Crippen molar-refractivity contribution >= 4 is 24.6 Å². The lowest BCUT2D eigenvalue weighted by Gasteiger charge is -2.30. The lowest BCUT2D eigenvalue weighted by molar-refractivity contribution is 0.415. The third kappa shape index (κ3) is 4.05. The number of nitrogens with zero attached hydrogens (tertiary/aromatic N) is 1. The second kappa shape index (κ2) is 8.78. The van der Waals surface area contributed by atoms with Crippen LogP contribution in [0.15, 0.2) is 114 Å². The molecule has 1 aliphatic heterocycles. The maximum atomic E-state index is 6.65. The van der Waals surface area contributed by atoms with Gasteiger partial charge in [-0.05, 0) is 54.1 Å². The standard InChI is InChI=1S/C27H22NO3P/c1-29-23-18-16-21(17-19-23)27-20-22-10-8-9-15-26(22)28-32(27,30-24-11-4-2-5-12-24)31-25-13-6-3-7-14-25/h2-20H,1H3. The lowest BCUT2D eigenvalue weighted by atomic mass is 10.1. The van der Waals surface area contributed by atoms with Crippen LogP contribution in [0.1, 0.15) is 11.1 Å². The number of hydrogen-bond acceptors (Lipinski definition) is 4. The van der Waals surface area contributed by atoms with Gasteiger partial charge in [0.1, 0.15) is 17.2 Å². The minimum Gasteiger partial charge on any atom is -0.497 e. The van der Waals surface area contributed by atoms with Crippen LogP contribution in [0.25, 0.3) is 11.4 Å². The van der Waals surface area contributed by atoms with Crippen molar-refractivity contribution < 1.29 is 13.8 Å². The van der Waals surface area contributed by atoms with E-state index < -0.39 is 7.51 Å². The van der Waals surface area contributed by atoms with Crippen molar-refractivity contribution in [2.75, 3.05) is 7.11 Å². The maximum absolute atomic E-state index is 6.65. The number of para-hydroxylation sites is 2. The normalized spacial score (nSPS) is 13.8. The number of hydrogen-bond donors (Lipinski definition) is 0. The van der Waals surface area contributed by atoms with Gasteiger partial charge in [-0.2, -0.15) is 4.74 Å². The number of fused-ring (bicyclic) bond motifs is 1. The Kier molecular flexibility index (Phi) is 5.53. The van der Waals surface area contributed by atoms with E-state index in [0.717, 1.165) is 27.9 Å². The van der Waals surface area contributed by atoms with Gasteiger partial charge in [0, 0.05) is 5.56 Å². The third-order valence-electron chi connectivity index (χ3n) is 5.10. The largest absolute Gasteiger partial charge is 0.497 e. The highest BCUT2D eigenvalue weighted by atomic mass is 31.2. The average Bonchev–Trinajstić information content (AvgIpc) is 2.85. The van der Waals surface area contributed by atoms with E-state index in [1.807, 2.05) is 103 Å². The van der Waals surface area contributed by atoms with Crippen molar-refractivity contribution in [2.24, 2.45) is 4.74 Å². The Morgan fingerprint density at radius 2 is 1.16 bits per heavy atom. The van der Waals surface area contributed by atoms with Crippen molar-refractivity contribution in [3.63, 3.8) is 0 Å². The van der Waals surface area contributed by atoms with Crippen LogP contribution in [0.3, 0.4) is 0 Å². The average molecular weight is 439 g/mol. The minimum absolute atomic E-state index is 0.708. The summed E-state index contributed by atoms with van der Waals surface area (Å²) in [6.07, 6.45) is 2.13. The first-order valence-electron chi connectivity index (χ1n) is 10.3. The van der Waals surface area contributed by atoms with Crippen LogP contribution in [0, 0.1) is 0 Å². The topological polar surface area (TPSA) is 40.0 Å². The van der Waals surface area contributed by atoms with Gasteiger partial charge < -0.3 is 13.8 Å². The van der Waals surface area contributed by atoms with Crippen molar-refractivity contribution in [3.8, 4) is 17.2 Å². The summed E-state index contributed by atoms with van der Waals surface area (Å²) in [6, 6.07) is 35.4. The molecule has 1 heterocycles. The fraction of sp³-hybridized carbons (Fsp3) is 0.0370. The molecule has 0 unspecified atom stereocenters. The molecule has 0 radical (unpaired) electrons. The van der Waals surface area contributed by atoms with E-state index in [2.05, 4.69) is 12.1 Å². The molecule has 5 heteroatoms. The van der Waals surface area contributed by atoms with E-state index in [1.54, 1.807) is 7.11 Å². The summed E-state index contributed by atoms with van der Waals surface area (Å²) in [5.74, 6) is 2.21. The van der Waals surface area contributed by atoms with Gasteiger partial charge in [-0.15, -0.1) is 0 Å². The number of benzene rings is 4. The molecule has 0 N–H and O–H groups in total. The highest BCUT2D eigenvalue weighted by Gasteiger charge is 2.35. The minimum atomic E-state index is -2.98. The molecule has 0 bridgehead atoms. The molecule has 4 nitrogen and oxygen atoms in total. The molecule has 0 saturated heterocycles. The fourth-order valence-corrected chi connectivity index (χ4v) is 6.02. The Bertz CT molecular complexity index is 1250. The Labute approximate surface area is 188 Å². The van der Waals surface area contributed by atoms with Gasteiger partial charge >= 0.3 is 7.51 Å². The van der Waals surface area contributed by atoms with Gasteiger partial charge in [0.05, 0.1) is 18.1 Å². The number of rotatable bonds is 6. The number of methoxy groups -OCH3 is 1. The Morgan fingerprint density at radius 3 is 1.75 bits per heavy atom. The Hall–Kier alpha value is -3.75. The third-order valence-corrected chi connectivity index (χ3v) is 7.49. The Balaban J connectivity index is 1.73. The molecule has 4 aromatic carbocycles. The summed E-state index contributed by atoms with van der Waals surface area (Å²) in [5, 5.41) is 0.909. The van der Waals surface area contributed by atoms with E-state index in [0.29, 0.717) is 11.5 Å². The molecule has 0 aliphatic carbocycles. The Morgan fingerprint density at radius 1 is 0.594 bits per heavy atom. The van der Waals surface area contributed by atoms with Crippen molar-refractivity contribution in [2.45, 2.75) is 0 Å². The van der Waals surface area contributed by atoms with E-state index in [9.17, 15) is 0 Å². The first-order valence-corrected chi connectivity index (χ1v) is 11.9. The summed E-state index contributed by atoms with van der Waals surface area (Å²) in [4.78, 5) is 0. The lowest BCUT2D eigenvalue weighted by Crippen LogP contribution is -2.06. The summed E-state index contributed by atoms with van der Waals surface area (Å²) in [5.41, 5.74) is 2.86. The van der Waals surface area contributed by atoms with Gasteiger partial charge in [-0.1, -0.05) is 66.7 Å². The highest BCUT2D eigenvalue weighted by molar-refractivity contribution is 7.68. The first-order chi connectivity index (χ1) is 15.8. The van der Waals surface area contributed by atoms with Crippen LogP contribution in [0.4, 0.5) is 5.69 Å². The van der Waals surface area contributed by atoms with Gasteiger partial charge in [0.2, 0.25) is 0 Å². The van der Waals surface area contributed by atoms with Crippen molar-refractivity contribution in [1.29, 1.82) is 0 Å². The second-order valence-electron chi connectivity index (χ2n) is 7.25. The summed E-state index contributed by atoms with van der Waals surface area (Å²) < 4.78 is 23.8. The molecular weight excluding hydrogens is 417 g/mol. The molecule has 1 aliphatic rings. The molecule has 0 aromatic heterocycles. The van der Waals surface area contributed by atoms with Crippen molar-refractivity contribution in [3.05, 3.63) is 120 Å². The number of ether oxygens (including phenoxy) is 1. The molecule has 0 amide bonds. The molecule has 5 rings (SSSR count). The molecule has 0 atom stereocenters. The quantitative estimate of drug-likeness (QED) is 0.286. The maximum Gasteiger partial charge on any atom is 0.352 e. The molecular formula is C27H22NO3P. The summed E-state index contributed by atoms with van der Waals surface area (Å²) in [7, 11) is -1.32. The smallest absolute Gasteiger partial charge is 0.352 e. The molecule has 0 spiro atoms. The first kappa shape index (κ1) is 20.2. The van der Waals surface area contributed by atoms with Crippen LogP contribution < -0.4 is 13.8 Å². The molecule has 32 heavy (non-hydrogen) atoms. The van der Waals surface area contributed by atoms with E-state index in [1.165, 1.54) is 0 Å². The highest BCUT2D eigenvalue weighted by Crippen LogP contribution is 2.66. The molecule has 158 valence electrons. The fourth-order valence-electron chi connectivity index (χ4n) is 3.54. The van der Waals surface area contributed by atoms with E-state index in [4.69, 9.17) is 18.5 Å². The van der Waals surface area contributed by atoms with E-state index in [-0.39, 0.29) is 0 Å².